The summed E-state index contributed by atoms with van der Waals surface area (Å²) in [5, 5.41) is 13.3. The number of rotatable bonds is 8. The van der Waals surface area contributed by atoms with Gasteiger partial charge in [-0.3, -0.25) is 4.79 Å². The number of carbonyl (C=O) groups excluding carboxylic acids is 1. The van der Waals surface area contributed by atoms with Crippen LogP contribution in [0.15, 0.2) is 47.1 Å². The Morgan fingerprint density at radius 3 is 2.68 bits per heavy atom. The molecule has 28 heavy (non-hydrogen) atoms. The van der Waals surface area contributed by atoms with Gasteiger partial charge in [0.2, 0.25) is 5.91 Å². The van der Waals surface area contributed by atoms with Crippen molar-refractivity contribution in [2.75, 3.05) is 5.75 Å². The van der Waals surface area contributed by atoms with Gasteiger partial charge in [-0.1, -0.05) is 79.5 Å². The first-order chi connectivity index (χ1) is 13.5. The molecule has 3 rings (SSSR count). The summed E-state index contributed by atoms with van der Waals surface area (Å²) in [5.41, 5.74) is 1.16. The second-order valence-electron chi connectivity index (χ2n) is 7.29. The zero-order chi connectivity index (χ0) is 19.9. The highest BCUT2D eigenvalue weighted by Crippen LogP contribution is 2.27. The van der Waals surface area contributed by atoms with Gasteiger partial charge in [-0.25, -0.2) is 0 Å². The number of aromatic nitrogens is 3. The van der Waals surface area contributed by atoms with Crippen molar-refractivity contribution in [3.63, 3.8) is 0 Å². The third-order valence-electron chi connectivity index (χ3n) is 5.11. The van der Waals surface area contributed by atoms with Gasteiger partial charge in [-0.15, -0.1) is 10.2 Å². The Balaban J connectivity index is 1.79. The second kappa shape index (κ2) is 10.1. The molecule has 7 heteroatoms. The second-order valence-corrected chi connectivity index (χ2v) is 8.77. The minimum absolute atomic E-state index is 0.105. The van der Waals surface area contributed by atoms with E-state index in [9.17, 15) is 4.79 Å². The molecule has 0 bridgehead atoms. The van der Waals surface area contributed by atoms with Crippen LogP contribution >= 0.6 is 23.4 Å². The summed E-state index contributed by atoms with van der Waals surface area (Å²) in [7, 11) is 1.93. The number of benzene rings is 1. The normalized spacial score (nSPS) is 15.9. The summed E-state index contributed by atoms with van der Waals surface area (Å²) < 4.78 is 1.94. The number of carbonyl (C=O) groups is 1. The smallest absolute Gasteiger partial charge is 0.223 e. The Hall–Kier alpha value is -1.79. The van der Waals surface area contributed by atoms with Gasteiger partial charge >= 0.3 is 0 Å². The van der Waals surface area contributed by atoms with Crippen molar-refractivity contribution >= 4 is 29.3 Å². The largest absolute Gasteiger partial charge is 0.345 e. The van der Waals surface area contributed by atoms with E-state index in [-0.39, 0.29) is 17.9 Å². The van der Waals surface area contributed by atoms with E-state index in [4.69, 9.17) is 11.6 Å². The van der Waals surface area contributed by atoms with Crippen molar-refractivity contribution in [3.05, 3.63) is 53.3 Å². The lowest BCUT2D eigenvalue weighted by molar-refractivity contribution is -0.126. The number of nitrogens with zero attached hydrogens (tertiary/aromatic N) is 3. The summed E-state index contributed by atoms with van der Waals surface area (Å²) in [4.78, 5) is 12.9. The van der Waals surface area contributed by atoms with E-state index in [2.05, 4.69) is 34.2 Å². The quantitative estimate of drug-likeness (QED) is 0.634. The van der Waals surface area contributed by atoms with Crippen LogP contribution in [-0.4, -0.2) is 26.4 Å². The van der Waals surface area contributed by atoms with Crippen molar-refractivity contribution in [1.82, 2.24) is 20.1 Å². The average Bonchev–Trinajstić information content (AvgIpc) is 3.07. The van der Waals surface area contributed by atoms with E-state index in [1.54, 1.807) is 0 Å². The van der Waals surface area contributed by atoms with E-state index >= 15 is 0 Å². The van der Waals surface area contributed by atoms with Gasteiger partial charge in [0.15, 0.2) is 11.0 Å². The molecule has 0 saturated heterocycles. The molecule has 1 aromatic carbocycles. The highest BCUT2D eigenvalue weighted by atomic mass is 35.5. The molecule has 5 nitrogen and oxygen atoms in total. The van der Waals surface area contributed by atoms with Crippen molar-refractivity contribution in [1.29, 1.82) is 0 Å². The zero-order valence-corrected chi connectivity index (χ0v) is 17.8. The van der Waals surface area contributed by atoms with Gasteiger partial charge < -0.3 is 9.88 Å². The summed E-state index contributed by atoms with van der Waals surface area (Å²) in [6, 6.07) is 9.95. The lowest BCUT2D eigenvalue weighted by atomic mass is 9.88. The molecule has 1 aliphatic carbocycles. The number of hydrogen-bond donors (Lipinski definition) is 1. The molecule has 1 amide bonds. The monoisotopic (exact) mass is 418 g/mol. The minimum atomic E-state index is -0.220. The van der Waals surface area contributed by atoms with E-state index < -0.39 is 0 Å². The molecule has 2 aromatic rings. The summed E-state index contributed by atoms with van der Waals surface area (Å²) in [6.07, 6.45) is 6.12. The molecule has 1 aromatic heterocycles. The fourth-order valence-corrected chi connectivity index (χ4v) is 4.44. The van der Waals surface area contributed by atoms with Crippen LogP contribution in [0.3, 0.4) is 0 Å². The summed E-state index contributed by atoms with van der Waals surface area (Å²) >= 11 is 7.37. The van der Waals surface area contributed by atoms with E-state index in [0.717, 1.165) is 42.2 Å². The summed E-state index contributed by atoms with van der Waals surface area (Å²) in [5.74, 6) is 1.57. The molecule has 0 radical (unpaired) electrons. The first kappa shape index (κ1) is 20.9. The minimum Gasteiger partial charge on any atom is -0.345 e. The fourth-order valence-electron chi connectivity index (χ4n) is 3.61. The van der Waals surface area contributed by atoms with Crippen molar-refractivity contribution in [2.45, 2.75) is 49.7 Å². The Labute approximate surface area is 176 Å². The Morgan fingerprint density at radius 2 is 2.00 bits per heavy atom. The van der Waals surface area contributed by atoms with Gasteiger partial charge in [0.05, 0.1) is 6.04 Å². The number of halogens is 1. The lowest BCUT2D eigenvalue weighted by Gasteiger charge is -2.24. The molecule has 1 saturated carbocycles. The first-order valence-electron chi connectivity index (χ1n) is 9.74. The van der Waals surface area contributed by atoms with Crippen LogP contribution in [0, 0.1) is 5.92 Å². The van der Waals surface area contributed by atoms with Crippen molar-refractivity contribution in [3.8, 4) is 0 Å². The molecule has 1 heterocycles. The van der Waals surface area contributed by atoms with Crippen LogP contribution in [0.25, 0.3) is 0 Å². The number of amides is 1. The van der Waals surface area contributed by atoms with Crippen LogP contribution in [0.1, 0.15) is 49.5 Å². The third-order valence-corrected chi connectivity index (χ3v) is 6.51. The highest BCUT2D eigenvalue weighted by molar-refractivity contribution is 7.99. The van der Waals surface area contributed by atoms with Crippen LogP contribution in [-0.2, 0) is 18.3 Å². The fraction of sp³-hybridized carbons (Fsp3) is 0.476. The lowest BCUT2D eigenvalue weighted by Crippen LogP contribution is -2.37. The molecule has 0 spiro atoms. The van der Waals surface area contributed by atoms with Crippen LogP contribution in [0.4, 0.5) is 0 Å². The zero-order valence-electron chi connectivity index (χ0n) is 16.2. The maximum Gasteiger partial charge on any atom is 0.223 e. The van der Waals surface area contributed by atoms with E-state index in [1.807, 2.05) is 29.8 Å². The molecular formula is C21H27ClN4OS. The van der Waals surface area contributed by atoms with Gasteiger partial charge in [-0.05, 0) is 24.8 Å². The molecule has 1 aliphatic rings. The molecule has 1 fully saturated rings. The predicted octanol–water partition coefficient (Wildman–Crippen LogP) is 4.64. The molecule has 1 N–H and O–H groups in total. The average molecular weight is 419 g/mol. The number of nitrogens with one attached hydrogen (secondary N) is 1. The van der Waals surface area contributed by atoms with Crippen molar-refractivity contribution < 1.29 is 4.79 Å². The first-order valence-corrected chi connectivity index (χ1v) is 11.1. The molecule has 150 valence electrons. The Morgan fingerprint density at radius 1 is 1.29 bits per heavy atom. The Kier molecular flexibility index (Phi) is 7.57. The van der Waals surface area contributed by atoms with Crippen LogP contribution < -0.4 is 5.32 Å². The standard InChI is InChI=1S/C21H27ClN4OS/c1-15(22)14-28-21-25-24-19(26(21)2)18(13-16-9-5-3-6-10-16)23-20(27)17-11-7-4-8-12-17/h3,5-6,9-10,17-18H,1,4,7-8,11-14H2,2H3,(H,23,27)/t18-/m1/s1. The van der Waals surface area contributed by atoms with Gasteiger partial charge in [0.1, 0.15) is 0 Å². The summed E-state index contributed by atoms with van der Waals surface area (Å²) in [6.45, 7) is 3.72. The van der Waals surface area contributed by atoms with E-state index in [0.29, 0.717) is 17.2 Å². The SMILES string of the molecule is C=C(Cl)CSc1nnc([C@@H](Cc2ccccc2)NC(=O)C2CCCCC2)n1C. The van der Waals surface area contributed by atoms with E-state index in [1.165, 1.54) is 18.2 Å². The Bertz CT molecular complexity index is 802. The van der Waals surface area contributed by atoms with Crippen LogP contribution in [0.2, 0.25) is 0 Å². The molecular weight excluding hydrogens is 392 g/mol. The maximum atomic E-state index is 12.9. The number of thioether (sulfide) groups is 1. The topological polar surface area (TPSA) is 59.8 Å². The number of hydrogen-bond acceptors (Lipinski definition) is 4. The third kappa shape index (κ3) is 5.61. The van der Waals surface area contributed by atoms with Crippen LogP contribution in [0.5, 0.6) is 0 Å². The van der Waals surface area contributed by atoms with Gasteiger partial charge in [-0.2, -0.15) is 0 Å². The predicted molar refractivity (Wildman–Crippen MR) is 114 cm³/mol. The highest BCUT2D eigenvalue weighted by Gasteiger charge is 2.27. The molecule has 0 aliphatic heterocycles. The maximum absolute atomic E-state index is 12.9. The van der Waals surface area contributed by atoms with Gasteiger partial charge in [0, 0.05) is 23.8 Å². The molecule has 1 atom stereocenters. The van der Waals surface area contributed by atoms with Crippen molar-refractivity contribution in [2.24, 2.45) is 13.0 Å². The van der Waals surface area contributed by atoms with Gasteiger partial charge in [0.25, 0.3) is 0 Å². The molecule has 0 unspecified atom stereocenters.